The summed E-state index contributed by atoms with van der Waals surface area (Å²) in [5, 5.41) is 8.43. The van der Waals surface area contributed by atoms with Crippen LogP contribution in [0.25, 0.3) is 22.2 Å². The molecule has 0 unspecified atom stereocenters. The fourth-order valence-electron chi connectivity index (χ4n) is 13.5. The largest absolute Gasteiger partial charge is 0.464 e. The predicted molar refractivity (Wildman–Crippen MR) is 289 cm³/mol. The van der Waals surface area contributed by atoms with Crippen molar-refractivity contribution >= 4 is 46.0 Å². The summed E-state index contributed by atoms with van der Waals surface area (Å²) in [4.78, 5) is 73.1. The number of hydrazine groups is 1. The number of esters is 1. The minimum absolute atomic E-state index is 0.0573. The molecule has 9 heterocycles. The first kappa shape index (κ1) is 54.9. The van der Waals surface area contributed by atoms with Crippen LogP contribution in [-0.4, -0.2) is 194 Å². The molecule has 6 bridgehead atoms. The Bertz CT molecular complexity index is 2740. The van der Waals surface area contributed by atoms with Crippen molar-refractivity contribution in [1.82, 2.24) is 45.3 Å². The van der Waals surface area contributed by atoms with Crippen LogP contribution in [0.1, 0.15) is 96.9 Å². The Morgan fingerprint density at radius 2 is 1.72 bits per heavy atom. The van der Waals surface area contributed by atoms with Crippen LogP contribution in [-0.2, 0) is 46.4 Å². The van der Waals surface area contributed by atoms with Crippen LogP contribution in [0.3, 0.4) is 0 Å². The number of nitrogens with zero attached hydrogens (tertiary/aromatic N) is 8. The van der Waals surface area contributed by atoms with Gasteiger partial charge in [-0.25, -0.2) is 5.43 Å². The smallest absolute Gasteiger partial charge is 0.406 e. The number of amides is 3. The summed E-state index contributed by atoms with van der Waals surface area (Å²) in [5.74, 6) is -1.15. The number of morpholine rings is 1. The number of hydrogen-bond donors (Lipinski definition) is 3. The van der Waals surface area contributed by atoms with Crippen LogP contribution in [0.5, 0.6) is 0 Å². The van der Waals surface area contributed by atoms with Gasteiger partial charge in [0, 0.05) is 125 Å². The van der Waals surface area contributed by atoms with Crippen LogP contribution < -0.4 is 25.9 Å². The Balaban J connectivity index is 0.942. The lowest BCUT2D eigenvalue weighted by Gasteiger charge is -2.39. The quantitative estimate of drug-likeness (QED) is 0.175. The SMILES string of the molecule is CO[C@@H](C)c1ncc(N2CCN(C3CC3)CC2)cc1-c1c2c3cc(ccc3n1CC(F)(F)F)N1CCO[C@@H](C[C@H](NC(=O)[C@H](C(C)C)N3CC[C@]4(CCN(C(=O)[C@H]5CN5)C4)C3)C(=O)N3CCC[C@H](N3)C(=O)OCC(C)(C)C2)C1. The second-order valence-electron chi connectivity index (χ2n) is 24.9. The highest BCUT2D eigenvalue weighted by molar-refractivity contribution is 5.95. The Labute approximate surface area is 455 Å². The van der Waals surface area contributed by atoms with E-state index in [1.807, 2.05) is 63.9 Å². The molecule has 3 N–H and O–H groups in total. The molecule has 0 radical (unpaired) electrons. The van der Waals surface area contributed by atoms with Crippen molar-refractivity contribution in [2.24, 2.45) is 16.7 Å². The van der Waals surface area contributed by atoms with Gasteiger partial charge in [0.1, 0.15) is 18.6 Å². The van der Waals surface area contributed by atoms with E-state index in [0.29, 0.717) is 111 Å². The van der Waals surface area contributed by atoms with E-state index in [9.17, 15) is 19.2 Å². The van der Waals surface area contributed by atoms with Gasteiger partial charge in [-0.15, -0.1) is 0 Å². The third-order valence-corrected chi connectivity index (χ3v) is 18.0. The van der Waals surface area contributed by atoms with E-state index in [1.165, 1.54) is 22.4 Å². The third kappa shape index (κ3) is 11.6. The van der Waals surface area contributed by atoms with Crippen molar-refractivity contribution in [3.8, 4) is 11.3 Å². The van der Waals surface area contributed by atoms with Crippen molar-refractivity contribution in [2.45, 2.75) is 141 Å². The Kier molecular flexibility index (Phi) is 15.3. The number of pyridine rings is 1. The second-order valence-corrected chi connectivity index (χ2v) is 24.9. The molecule has 7 fully saturated rings. The fraction of sp³-hybridized carbons (Fsp3) is 0.702. The second kappa shape index (κ2) is 21.8. The van der Waals surface area contributed by atoms with Crippen molar-refractivity contribution in [3.05, 3.63) is 41.7 Å². The summed E-state index contributed by atoms with van der Waals surface area (Å²) < 4.78 is 65.5. The molecule has 21 heteroatoms. The number of methoxy groups -OCH3 is 1. The Morgan fingerprint density at radius 1 is 0.949 bits per heavy atom. The van der Waals surface area contributed by atoms with Crippen molar-refractivity contribution in [3.63, 3.8) is 0 Å². The highest BCUT2D eigenvalue weighted by Gasteiger charge is 2.50. The number of alkyl halides is 3. The van der Waals surface area contributed by atoms with Crippen LogP contribution in [0.2, 0.25) is 0 Å². The number of rotatable bonds is 11. The minimum Gasteiger partial charge on any atom is -0.464 e. The summed E-state index contributed by atoms with van der Waals surface area (Å²) in [6.07, 6.45) is 1.59. The number of carbonyl (C=O) groups is 4. The molecule has 3 amide bonds. The molecule has 426 valence electrons. The van der Waals surface area contributed by atoms with Gasteiger partial charge >= 0.3 is 12.1 Å². The van der Waals surface area contributed by atoms with Crippen LogP contribution in [0.15, 0.2) is 30.5 Å². The number of anilines is 2. The van der Waals surface area contributed by atoms with Gasteiger partial charge < -0.3 is 44.1 Å². The number of piperazine rings is 1. The number of benzene rings is 1. The summed E-state index contributed by atoms with van der Waals surface area (Å²) in [6.45, 7) is 16.7. The molecule has 7 atom stereocenters. The molecule has 8 aliphatic rings. The zero-order chi connectivity index (χ0) is 54.8. The molecule has 3 aromatic rings. The first-order valence-corrected chi connectivity index (χ1v) is 28.7. The number of nitrogens with one attached hydrogen (secondary N) is 3. The highest BCUT2D eigenvalue weighted by Crippen LogP contribution is 2.45. The maximum absolute atomic E-state index is 15.2. The molecule has 6 saturated heterocycles. The van der Waals surface area contributed by atoms with E-state index in [2.05, 4.69) is 35.7 Å². The first-order chi connectivity index (χ1) is 37.3. The average molecular weight is 1090 g/mol. The monoisotopic (exact) mass is 1090 g/mol. The van der Waals surface area contributed by atoms with Gasteiger partial charge in [0.15, 0.2) is 0 Å². The molecule has 18 nitrogen and oxygen atoms in total. The first-order valence-electron chi connectivity index (χ1n) is 28.7. The summed E-state index contributed by atoms with van der Waals surface area (Å²) in [6, 6.07) is 5.71. The van der Waals surface area contributed by atoms with Gasteiger partial charge in [-0.3, -0.25) is 39.0 Å². The van der Waals surface area contributed by atoms with E-state index in [4.69, 9.17) is 19.2 Å². The number of ether oxygens (including phenoxy) is 3. The van der Waals surface area contributed by atoms with Gasteiger partial charge in [-0.1, -0.05) is 27.7 Å². The van der Waals surface area contributed by atoms with Crippen molar-refractivity contribution in [1.29, 1.82) is 0 Å². The lowest BCUT2D eigenvalue weighted by molar-refractivity contribution is -0.156. The zero-order valence-electron chi connectivity index (χ0n) is 46.3. The normalized spacial score (nSPS) is 28.3. The molecule has 1 saturated carbocycles. The minimum atomic E-state index is -4.59. The highest BCUT2D eigenvalue weighted by atomic mass is 19.4. The Hall–Kier alpha value is -5.06. The predicted octanol–water partition coefficient (Wildman–Crippen LogP) is 4.88. The van der Waals surface area contributed by atoms with Crippen molar-refractivity contribution < 1.29 is 46.6 Å². The van der Waals surface area contributed by atoms with E-state index in [1.54, 1.807) is 13.2 Å². The number of cyclic esters (lactones) is 1. The molecule has 7 aliphatic heterocycles. The van der Waals surface area contributed by atoms with Gasteiger partial charge in [0.05, 0.1) is 60.8 Å². The van der Waals surface area contributed by atoms with Gasteiger partial charge in [0.25, 0.3) is 5.91 Å². The van der Waals surface area contributed by atoms with Crippen LogP contribution in [0, 0.1) is 16.7 Å². The van der Waals surface area contributed by atoms with E-state index < -0.39 is 54.4 Å². The number of halogens is 3. The molecule has 2 aromatic heterocycles. The lowest BCUT2D eigenvalue weighted by atomic mass is 9.84. The molecule has 1 aliphatic carbocycles. The van der Waals surface area contributed by atoms with E-state index in [-0.39, 0.29) is 54.5 Å². The molecule has 11 rings (SSSR count). The molecule has 78 heavy (non-hydrogen) atoms. The molecule has 1 spiro atoms. The van der Waals surface area contributed by atoms with Crippen molar-refractivity contribution in [2.75, 3.05) is 109 Å². The molecular formula is C57H80F3N11O7. The average Bonchev–Trinajstić information content (AvgIpc) is 4.55. The summed E-state index contributed by atoms with van der Waals surface area (Å²) >= 11 is 0. The topological polar surface area (TPSA) is 179 Å². The standard InChI is InChI=1S/C57H80F3N11O7/c1-35(2)49(68-16-13-56(31-68)14-17-69(32-56)52(73)46-29-61-46)51(72)63-45-26-40-30-67(22-23-77-40)38-11-12-47-41(24-38)43(27-55(4,5)34-78-54(75)44-8-7-15-71(64-44)53(45)74)50(70(47)33-57(58,59)60)42-25-39(28-62-48(42)36(3)76-6)66-20-18-65(19-21-66)37-9-10-37/h11-12,24-25,28,35-37,40,44-46,49,61,64H,7-10,13-23,26-27,29-34H2,1-6H3,(H,63,72)/t36-,40-,44-,45-,46+,49-,56-/m0/s1. The number of hydrogen-bond acceptors (Lipinski definition) is 14. The third-order valence-electron chi connectivity index (χ3n) is 18.0. The Morgan fingerprint density at radius 3 is 2.44 bits per heavy atom. The van der Waals surface area contributed by atoms with Crippen LogP contribution >= 0.6 is 0 Å². The number of fused-ring (bicyclic) bond motifs is 6. The van der Waals surface area contributed by atoms with Gasteiger partial charge in [0.2, 0.25) is 11.8 Å². The number of aromatic nitrogens is 2. The lowest BCUT2D eigenvalue weighted by Crippen LogP contribution is -2.62. The number of likely N-dealkylation sites (tertiary alicyclic amines) is 2. The fourth-order valence-corrected chi connectivity index (χ4v) is 13.5. The van der Waals surface area contributed by atoms with Gasteiger partial charge in [-0.2, -0.15) is 13.2 Å². The van der Waals surface area contributed by atoms with Gasteiger partial charge in [-0.05, 0) is 94.2 Å². The molecular weight excluding hydrogens is 1010 g/mol. The summed E-state index contributed by atoms with van der Waals surface area (Å²) in [5.41, 5.74) is 6.45. The maximum atomic E-state index is 15.2. The zero-order valence-corrected chi connectivity index (χ0v) is 46.3. The van der Waals surface area contributed by atoms with Crippen LogP contribution in [0.4, 0.5) is 24.5 Å². The molecule has 1 aromatic carbocycles. The summed E-state index contributed by atoms with van der Waals surface area (Å²) in [7, 11) is 1.58. The van der Waals surface area contributed by atoms with E-state index in [0.717, 1.165) is 50.4 Å². The number of carbonyl (C=O) groups excluding carboxylic acids is 4. The maximum Gasteiger partial charge on any atom is 0.406 e. The van der Waals surface area contributed by atoms with E-state index >= 15 is 13.2 Å².